The van der Waals surface area contributed by atoms with Gasteiger partial charge in [0.15, 0.2) is 5.13 Å². The predicted molar refractivity (Wildman–Crippen MR) is 129 cm³/mol. The molecule has 0 N–H and O–H groups in total. The number of likely N-dealkylation sites (N-methyl/N-ethyl adjacent to an activating group) is 1. The number of thiazole rings is 1. The van der Waals surface area contributed by atoms with Gasteiger partial charge in [-0.15, -0.1) is 24.2 Å². The molecule has 8 heteroatoms. The molecule has 1 amide bonds. The number of thioether (sulfide) groups is 1. The lowest BCUT2D eigenvalue weighted by Crippen LogP contribution is -2.36. The van der Waals surface area contributed by atoms with Crippen molar-refractivity contribution >= 4 is 68.4 Å². The number of carbonyl (C=O) groups is 1. The summed E-state index contributed by atoms with van der Waals surface area (Å²) in [6, 6.07) is 14.1. The maximum absolute atomic E-state index is 13.0. The van der Waals surface area contributed by atoms with Crippen LogP contribution in [0.5, 0.6) is 0 Å². The van der Waals surface area contributed by atoms with Crippen LogP contribution in [0.15, 0.2) is 47.4 Å². The number of carbonyl (C=O) groups excluding carboxylic acids is 1. The highest BCUT2D eigenvalue weighted by molar-refractivity contribution is 7.99. The molecule has 0 saturated heterocycles. The number of nitrogens with zero attached hydrogens (tertiary/aromatic N) is 3. The van der Waals surface area contributed by atoms with Gasteiger partial charge in [-0.2, -0.15) is 0 Å². The van der Waals surface area contributed by atoms with Crippen LogP contribution >= 0.6 is 47.1 Å². The first-order chi connectivity index (χ1) is 13.4. The zero-order valence-electron chi connectivity index (χ0n) is 16.7. The van der Waals surface area contributed by atoms with Crippen molar-refractivity contribution in [2.75, 3.05) is 37.8 Å². The molecule has 4 nitrogen and oxygen atoms in total. The lowest BCUT2D eigenvalue weighted by atomic mass is 10.2. The molecule has 3 aromatic rings. The van der Waals surface area contributed by atoms with Crippen molar-refractivity contribution in [1.82, 2.24) is 9.88 Å². The molecule has 0 bridgehead atoms. The second kappa shape index (κ2) is 11.2. The molecule has 156 valence electrons. The van der Waals surface area contributed by atoms with Crippen molar-refractivity contribution < 1.29 is 4.79 Å². The molecule has 0 saturated carbocycles. The Balaban J connectivity index is 0.00000300. The summed E-state index contributed by atoms with van der Waals surface area (Å²) in [4.78, 5) is 22.7. The van der Waals surface area contributed by atoms with E-state index in [1.165, 1.54) is 21.8 Å². The molecule has 0 aliphatic rings. The lowest BCUT2D eigenvalue weighted by molar-refractivity contribution is -0.118. The van der Waals surface area contributed by atoms with Crippen LogP contribution in [0.3, 0.4) is 0 Å². The molecule has 0 atom stereocenters. The van der Waals surface area contributed by atoms with E-state index in [-0.39, 0.29) is 18.3 Å². The summed E-state index contributed by atoms with van der Waals surface area (Å²) in [6.45, 7) is 3.46. The van der Waals surface area contributed by atoms with Crippen LogP contribution in [0.4, 0.5) is 5.13 Å². The fourth-order valence-electron chi connectivity index (χ4n) is 2.67. The van der Waals surface area contributed by atoms with Crippen LogP contribution < -0.4 is 4.90 Å². The number of fused-ring (bicyclic) bond motifs is 1. The molecular formula is C21H25Cl2N3OS2. The van der Waals surface area contributed by atoms with Crippen LogP contribution in [-0.4, -0.2) is 48.7 Å². The van der Waals surface area contributed by atoms with Crippen LogP contribution in [-0.2, 0) is 4.79 Å². The van der Waals surface area contributed by atoms with E-state index in [1.807, 2.05) is 32.3 Å². The zero-order chi connectivity index (χ0) is 20.1. The van der Waals surface area contributed by atoms with E-state index >= 15 is 0 Å². The van der Waals surface area contributed by atoms with Crippen LogP contribution in [0, 0.1) is 6.92 Å². The summed E-state index contributed by atoms with van der Waals surface area (Å²) in [6.07, 6.45) is 0.468. The summed E-state index contributed by atoms with van der Waals surface area (Å²) >= 11 is 9.49. The van der Waals surface area contributed by atoms with Gasteiger partial charge in [0.25, 0.3) is 0 Å². The Kier molecular flexibility index (Phi) is 9.24. The summed E-state index contributed by atoms with van der Waals surface area (Å²) in [5, 5.41) is 1.34. The van der Waals surface area contributed by atoms with Gasteiger partial charge in [0.05, 0.1) is 9.72 Å². The van der Waals surface area contributed by atoms with Gasteiger partial charge in [-0.1, -0.05) is 46.7 Å². The first-order valence-corrected chi connectivity index (χ1v) is 11.3. The third kappa shape index (κ3) is 6.59. The molecule has 0 spiro atoms. The number of aromatic nitrogens is 1. The second-order valence-corrected chi connectivity index (χ2v) is 9.43. The van der Waals surface area contributed by atoms with E-state index in [9.17, 15) is 4.79 Å². The molecule has 29 heavy (non-hydrogen) atoms. The number of benzene rings is 2. The Hall–Kier alpha value is -1.31. The Morgan fingerprint density at radius 2 is 1.86 bits per heavy atom. The minimum atomic E-state index is 0. The highest BCUT2D eigenvalue weighted by Crippen LogP contribution is 2.33. The molecule has 0 fully saturated rings. The number of halogens is 2. The van der Waals surface area contributed by atoms with Crippen LogP contribution in [0.2, 0.25) is 5.02 Å². The Morgan fingerprint density at radius 1 is 1.14 bits per heavy atom. The molecule has 0 aliphatic heterocycles. The van der Waals surface area contributed by atoms with Crippen molar-refractivity contribution in [3.8, 4) is 0 Å². The highest BCUT2D eigenvalue weighted by Gasteiger charge is 2.20. The van der Waals surface area contributed by atoms with E-state index in [0.29, 0.717) is 18.0 Å². The minimum Gasteiger partial charge on any atom is -0.308 e. The third-order valence-electron chi connectivity index (χ3n) is 4.27. The number of aryl methyl sites for hydroxylation is 1. The average Bonchev–Trinajstić information content (AvgIpc) is 3.08. The van der Waals surface area contributed by atoms with Crippen LogP contribution in [0.1, 0.15) is 12.0 Å². The summed E-state index contributed by atoms with van der Waals surface area (Å²) < 4.78 is 0.999. The van der Waals surface area contributed by atoms with E-state index < -0.39 is 0 Å². The van der Waals surface area contributed by atoms with Gasteiger partial charge in [-0.25, -0.2) is 4.98 Å². The first kappa shape index (κ1) is 24.0. The van der Waals surface area contributed by atoms with E-state index in [2.05, 4.69) is 41.1 Å². The summed E-state index contributed by atoms with van der Waals surface area (Å²) in [5.74, 6) is 0.836. The third-order valence-corrected chi connectivity index (χ3v) is 6.63. The molecular weight excluding hydrogens is 445 g/mol. The number of hydrogen-bond donors (Lipinski definition) is 0. The van der Waals surface area contributed by atoms with Gasteiger partial charge in [0, 0.05) is 30.2 Å². The van der Waals surface area contributed by atoms with E-state index in [1.54, 1.807) is 16.7 Å². The Labute approximate surface area is 191 Å². The van der Waals surface area contributed by atoms with Gasteiger partial charge in [0.2, 0.25) is 5.91 Å². The molecule has 1 aromatic heterocycles. The maximum atomic E-state index is 13.0. The molecule has 0 unspecified atom stereocenters. The second-order valence-electron chi connectivity index (χ2n) is 6.84. The molecule has 2 aromatic carbocycles. The fourth-order valence-corrected chi connectivity index (χ4v) is 4.82. The standard InChI is InChI=1S/C21H24ClN3OS2.ClH/c1-15-7-9-16(10-8-15)27-14-11-19(26)25(13-12-24(2)3)21-23-20-17(22)5-4-6-18(20)28-21;/h4-10H,11-14H2,1-3H3;1H. The number of hydrogen-bond acceptors (Lipinski definition) is 5. The molecule has 1 heterocycles. The quantitative estimate of drug-likeness (QED) is 0.393. The van der Waals surface area contributed by atoms with Gasteiger partial charge in [-0.05, 0) is 45.3 Å². The maximum Gasteiger partial charge on any atom is 0.229 e. The topological polar surface area (TPSA) is 36.4 Å². The molecule has 3 rings (SSSR count). The SMILES string of the molecule is Cc1ccc(SCCC(=O)N(CCN(C)C)c2nc3c(Cl)cccc3s2)cc1.Cl. The van der Waals surface area contributed by atoms with Crippen molar-refractivity contribution in [3.05, 3.63) is 53.1 Å². The number of para-hydroxylation sites is 1. The molecule has 0 aliphatic carbocycles. The van der Waals surface area contributed by atoms with Gasteiger partial charge >= 0.3 is 0 Å². The monoisotopic (exact) mass is 469 g/mol. The van der Waals surface area contributed by atoms with Crippen molar-refractivity contribution in [2.24, 2.45) is 0 Å². The van der Waals surface area contributed by atoms with Crippen molar-refractivity contribution in [3.63, 3.8) is 0 Å². The summed E-state index contributed by atoms with van der Waals surface area (Å²) in [7, 11) is 4.01. The highest BCUT2D eigenvalue weighted by atomic mass is 35.5. The smallest absolute Gasteiger partial charge is 0.229 e. The lowest BCUT2D eigenvalue weighted by Gasteiger charge is -2.22. The van der Waals surface area contributed by atoms with Gasteiger partial charge in [0.1, 0.15) is 5.52 Å². The molecule has 0 radical (unpaired) electrons. The van der Waals surface area contributed by atoms with E-state index in [0.717, 1.165) is 27.6 Å². The minimum absolute atomic E-state index is 0. The van der Waals surface area contributed by atoms with Gasteiger partial charge < -0.3 is 4.90 Å². The number of anilines is 1. The predicted octanol–water partition coefficient (Wildman–Crippen LogP) is 5.76. The van der Waals surface area contributed by atoms with E-state index in [4.69, 9.17) is 11.6 Å². The van der Waals surface area contributed by atoms with Crippen molar-refractivity contribution in [1.29, 1.82) is 0 Å². The summed E-state index contributed by atoms with van der Waals surface area (Å²) in [5.41, 5.74) is 2.01. The number of amides is 1. The number of rotatable bonds is 8. The fraction of sp³-hybridized carbons (Fsp3) is 0.333. The van der Waals surface area contributed by atoms with Crippen molar-refractivity contribution in [2.45, 2.75) is 18.2 Å². The van der Waals surface area contributed by atoms with Crippen LogP contribution in [0.25, 0.3) is 10.2 Å². The Morgan fingerprint density at radius 3 is 2.52 bits per heavy atom. The Bertz CT molecular complexity index is 945. The first-order valence-electron chi connectivity index (χ1n) is 9.13. The average molecular weight is 470 g/mol. The largest absolute Gasteiger partial charge is 0.308 e. The normalized spacial score (nSPS) is 10.9. The van der Waals surface area contributed by atoms with Gasteiger partial charge in [-0.3, -0.25) is 9.69 Å². The zero-order valence-corrected chi connectivity index (χ0v) is 19.9.